The first-order valence-electron chi connectivity index (χ1n) is 8.51. The van der Waals surface area contributed by atoms with Crippen molar-refractivity contribution in [1.29, 1.82) is 0 Å². The van der Waals surface area contributed by atoms with Crippen LogP contribution in [0.2, 0.25) is 0 Å². The number of hydrogen-bond donors (Lipinski definition) is 0. The Balaban J connectivity index is 0.000000436. The Kier molecular flexibility index (Phi) is 13.8. The van der Waals surface area contributed by atoms with Crippen LogP contribution in [0.4, 0.5) is 0 Å². The van der Waals surface area contributed by atoms with Crippen LogP contribution >= 0.6 is 0 Å². The number of hydrogen-bond acceptors (Lipinski definition) is 1. The minimum atomic E-state index is 0. The first-order valence-corrected chi connectivity index (χ1v) is 8.51. The molecule has 0 saturated heterocycles. The molecule has 2 aromatic rings. The van der Waals surface area contributed by atoms with Gasteiger partial charge in [-0.1, -0.05) is 50.5 Å². The third-order valence-electron chi connectivity index (χ3n) is 3.89. The van der Waals surface area contributed by atoms with Crippen molar-refractivity contribution in [3.05, 3.63) is 85.1 Å². The van der Waals surface area contributed by atoms with Gasteiger partial charge >= 0.3 is 18.9 Å². The average molecular weight is 315 g/mol. The van der Waals surface area contributed by atoms with Crippen LogP contribution in [-0.2, 0) is 13.0 Å². The van der Waals surface area contributed by atoms with Crippen molar-refractivity contribution < 1.29 is 18.9 Å². The molecule has 1 nitrogen and oxygen atoms in total. The Morgan fingerprint density at radius 2 is 1.62 bits per heavy atom. The molecule has 0 radical (unpaired) electrons. The van der Waals surface area contributed by atoms with Crippen molar-refractivity contribution in [3.63, 3.8) is 0 Å². The number of aryl methyl sites for hydroxylation is 2. The van der Waals surface area contributed by atoms with E-state index in [0.717, 1.165) is 19.6 Å². The molecule has 2 rings (SSSR count). The van der Waals surface area contributed by atoms with Gasteiger partial charge in [0.2, 0.25) is 0 Å². The van der Waals surface area contributed by atoms with Gasteiger partial charge in [-0.15, -0.1) is 13.1 Å². The number of unbranched alkanes of at least 4 members (excludes halogenated alkanes) is 1. The van der Waals surface area contributed by atoms with Crippen LogP contribution in [0.3, 0.4) is 0 Å². The van der Waals surface area contributed by atoms with Crippen LogP contribution in [0.1, 0.15) is 36.5 Å². The molecule has 0 amide bonds. The molecule has 0 aromatic heterocycles. The van der Waals surface area contributed by atoms with Crippen LogP contribution in [0.5, 0.6) is 0 Å². The zero-order chi connectivity index (χ0) is 16.9. The van der Waals surface area contributed by atoms with E-state index in [2.05, 4.69) is 75.1 Å². The zero-order valence-corrected chi connectivity index (χ0v) is 15.7. The molecule has 0 heterocycles. The fourth-order valence-corrected chi connectivity index (χ4v) is 2.27. The number of nitrogens with zero attached hydrogens (tertiary/aromatic N) is 1. The Morgan fingerprint density at radius 3 is 2.17 bits per heavy atom. The second kappa shape index (κ2) is 14.3. The van der Waals surface area contributed by atoms with Gasteiger partial charge in [-0.3, -0.25) is 0 Å². The monoisotopic (exact) mass is 315 g/mol. The second-order valence-electron chi connectivity index (χ2n) is 5.71. The van der Waals surface area contributed by atoms with E-state index in [-0.39, 0.29) is 18.9 Å². The summed E-state index contributed by atoms with van der Waals surface area (Å²) in [6.07, 6.45) is 3.79. The molecule has 0 aliphatic heterocycles. The molecular weight excluding hydrogens is 285 g/mol. The van der Waals surface area contributed by atoms with E-state index < -0.39 is 0 Å². The molecule has 0 atom stereocenters. The summed E-state index contributed by atoms with van der Waals surface area (Å²) in [5, 5.41) is 0. The SMILES string of the molecule is CCCCc1cc[c-]cc1.[CH2-]CN(C[CH2-])Cc1ccccc1C.[Li+]. The van der Waals surface area contributed by atoms with E-state index in [9.17, 15) is 0 Å². The van der Waals surface area contributed by atoms with E-state index in [1.807, 2.05) is 12.1 Å². The first-order chi connectivity index (χ1) is 11.2. The molecule has 0 N–H and O–H groups in total. The summed E-state index contributed by atoms with van der Waals surface area (Å²) in [7, 11) is 0. The predicted molar refractivity (Wildman–Crippen MR) is 101 cm³/mol. The maximum absolute atomic E-state index is 3.87. The maximum Gasteiger partial charge on any atom is 1.00 e. The van der Waals surface area contributed by atoms with Crippen LogP contribution < -0.4 is 18.9 Å². The van der Waals surface area contributed by atoms with Crippen molar-refractivity contribution in [2.24, 2.45) is 0 Å². The molecule has 0 saturated carbocycles. The summed E-state index contributed by atoms with van der Waals surface area (Å²) in [6.45, 7) is 14.7. The van der Waals surface area contributed by atoms with E-state index in [4.69, 9.17) is 0 Å². The Hall–Kier alpha value is -1.00. The van der Waals surface area contributed by atoms with Gasteiger partial charge in [-0.2, -0.15) is 35.9 Å². The molecule has 126 valence electrons. The maximum atomic E-state index is 3.87. The topological polar surface area (TPSA) is 3.24 Å². The molecule has 24 heavy (non-hydrogen) atoms. The molecule has 0 aliphatic carbocycles. The number of rotatable bonds is 7. The van der Waals surface area contributed by atoms with Gasteiger partial charge in [0.25, 0.3) is 0 Å². The van der Waals surface area contributed by atoms with E-state index >= 15 is 0 Å². The fourth-order valence-electron chi connectivity index (χ4n) is 2.27. The van der Waals surface area contributed by atoms with E-state index in [1.54, 1.807) is 0 Å². The normalized spacial score (nSPS) is 9.88. The van der Waals surface area contributed by atoms with Crippen molar-refractivity contribution >= 4 is 0 Å². The standard InChI is InChI=1S/C12H17N.C10H13.Li/c1-4-13(5-2)10-12-9-7-6-8-11(12)3;1-2-3-7-10-8-5-4-6-9-10;/h6-9H,1-2,4-5,10H2,3H3;5-6,8-9H,2-3,7H2,1H3;/q-2;-1;+1. The Labute approximate surface area is 161 Å². The third-order valence-corrected chi connectivity index (χ3v) is 3.89. The molecule has 0 unspecified atom stereocenters. The Morgan fingerprint density at radius 1 is 1.00 bits per heavy atom. The summed E-state index contributed by atoms with van der Waals surface area (Å²) in [5.74, 6) is 0. The van der Waals surface area contributed by atoms with Crippen LogP contribution in [0.15, 0.2) is 48.5 Å². The third kappa shape index (κ3) is 9.33. The largest absolute Gasteiger partial charge is 1.00 e. The second-order valence-corrected chi connectivity index (χ2v) is 5.71. The fraction of sp³-hybridized carbons (Fsp3) is 0.364. The summed E-state index contributed by atoms with van der Waals surface area (Å²) in [6, 6.07) is 19.7. The summed E-state index contributed by atoms with van der Waals surface area (Å²) < 4.78 is 0. The molecule has 2 aromatic carbocycles. The van der Waals surface area contributed by atoms with Gasteiger partial charge < -0.3 is 18.7 Å². The minimum Gasteiger partial charge on any atom is -0.359 e. The molecule has 0 bridgehead atoms. The number of benzene rings is 2. The predicted octanol–water partition coefficient (Wildman–Crippen LogP) is 2.30. The molecule has 0 aliphatic rings. The Bertz CT molecular complexity index is 521. The van der Waals surface area contributed by atoms with Gasteiger partial charge in [0.1, 0.15) is 0 Å². The van der Waals surface area contributed by atoms with Crippen LogP contribution in [0.25, 0.3) is 0 Å². The summed E-state index contributed by atoms with van der Waals surface area (Å²) in [5.41, 5.74) is 4.14. The first kappa shape index (κ1) is 23.0. The smallest absolute Gasteiger partial charge is 0.359 e. The molecule has 0 spiro atoms. The van der Waals surface area contributed by atoms with Gasteiger partial charge in [-0.25, -0.2) is 0 Å². The van der Waals surface area contributed by atoms with Gasteiger partial charge in [0.15, 0.2) is 0 Å². The van der Waals surface area contributed by atoms with Crippen molar-refractivity contribution in [2.75, 3.05) is 13.1 Å². The van der Waals surface area contributed by atoms with Crippen LogP contribution in [0, 0.1) is 26.8 Å². The van der Waals surface area contributed by atoms with Crippen molar-refractivity contribution in [3.8, 4) is 0 Å². The summed E-state index contributed by atoms with van der Waals surface area (Å²) >= 11 is 0. The molecule has 0 fully saturated rings. The van der Waals surface area contributed by atoms with Crippen molar-refractivity contribution in [1.82, 2.24) is 4.90 Å². The average Bonchev–Trinajstić information content (AvgIpc) is 2.61. The van der Waals surface area contributed by atoms with E-state index in [0.29, 0.717) is 0 Å². The minimum absolute atomic E-state index is 0. The van der Waals surface area contributed by atoms with Gasteiger partial charge in [0.05, 0.1) is 0 Å². The summed E-state index contributed by atoms with van der Waals surface area (Å²) in [4.78, 5) is 2.21. The van der Waals surface area contributed by atoms with Crippen molar-refractivity contribution in [2.45, 2.75) is 39.7 Å². The van der Waals surface area contributed by atoms with Crippen LogP contribution in [-0.4, -0.2) is 18.0 Å². The molecular formula is C22H30LiN-2. The van der Waals surface area contributed by atoms with Gasteiger partial charge in [0, 0.05) is 6.54 Å². The van der Waals surface area contributed by atoms with Gasteiger partial charge in [-0.05, 0) is 18.1 Å². The van der Waals surface area contributed by atoms with E-state index in [1.165, 1.54) is 36.0 Å². The quantitative estimate of drug-likeness (QED) is 0.560. The zero-order valence-electron chi connectivity index (χ0n) is 15.7. The molecule has 2 heteroatoms.